The smallest absolute Gasteiger partial charge is 0.255 e. The molecule has 122 valence electrons. The second kappa shape index (κ2) is 7.74. The van der Waals surface area contributed by atoms with Crippen molar-refractivity contribution in [3.63, 3.8) is 0 Å². The van der Waals surface area contributed by atoms with Crippen molar-refractivity contribution >= 4 is 23.2 Å². The summed E-state index contributed by atoms with van der Waals surface area (Å²) in [7, 11) is 0. The number of nitrogens with zero attached hydrogens (tertiary/aromatic N) is 2. The molecule has 0 atom stereocenters. The molecule has 1 aliphatic rings. The second-order valence-corrected chi connectivity index (χ2v) is 7.21. The normalized spacial score (nSPS) is 15.9. The molecule has 0 saturated carbocycles. The number of rotatable bonds is 5. The molecule has 1 aromatic heterocycles. The summed E-state index contributed by atoms with van der Waals surface area (Å²) in [6.07, 6.45) is 0.952. The number of hydrogen-bond acceptors (Lipinski definition) is 4. The maximum Gasteiger partial charge on any atom is 0.255 e. The summed E-state index contributed by atoms with van der Waals surface area (Å²) in [6.45, 7) is 10.1. The van der Waals surface area contributed by atoms with Gasteiger partial charge in [0.15, 0.2) is 0 Å². The zero-order valence-electron chi connectivity index (χ0n) is 13.6. The summed E-state index contributed by atoms with van der Waals surface area (Å²) < 4.78 is 0. The van der Waals surface area contributed by atoms with Crippen molar-refractivity contribution in [3.05, 3.63) is 21.4 Å². The number of carbonyl (C=O) groups excluding carboxylic acids is 2. The minimum atomic E-state index is 0.0749. The minimum absolute atomic E-state index is 0.0749. The minimum Gasteiger partial charge on any atom is -0.355 e. The van der Waals surface area contributed by atoms with Crippen LogP contribution < -0.4 is 5.32 Å². The van der Waals surface area contributed by atoms with E-state index in [9.17, 15) is 9.59 Å². The number of carbonyl (C=O) groups is 2. The fourth-order valence-electron chi connectivity index (χ4n) is 2.65. The third kappa shape index (κ3) is 4.30. The van der Waals surface area contributed by atoms with Gasteiger partial charge >= 0.3 is 0 Å². The SMILES string of the molecule is CCCNC(=O)CN1CCN(C(=O)c2cc(C)sc2C)CC1. The first kappa shape index (κ1) is 17.0. The van der Waals surface area contributed by atoms with Crippen LogP contribution in [0, 0.1) is 13.8 Å². The van der Waals surface area contributed by atoms with Gasteiger partial charge in [-0.3, -0.25) is 14.5 Å². The molecule has 2 rings (SSSR count). The van der Waals surface area contributed by atoms with Crippen molar-refractivity contribution in [1.29, 1.82) is 0 Å². The number of piperazine rings is 1. The standard InChI is InChI=1S/C16H25N3O2S/c1-4-5-17-15(20)11-18-6-8-19(9-7-18)16(21)14-10-12(2)22-13(14)3/h10H,4-9,11H2,1-3H3,(H,17,20). The van der Waals surface area contributed by atoms with Gasteiger partial charge < -0.3 is 10.2 Å². The Morgan fingerprint density at radius 3 is 2.45 bits per heavy atom. The van der Waals surface area contributed by atoms with Gasteiger partial charge in [0.05, 0.1) is 12.1 Å². The van der Waals surface area contributed by atoms with Crippen LogP contribution in [0.15, 0.2) is 6.07 Å². The lowest BCUT2D eigenvalue weighted by Crippen LogP contribution is -2.51. The van der Waals surface area contributed by atoms with Crippen LogP contribution in [0.5, 0.6) is 0 Å². The summed E-state index contributed by atoms with van der Waals surface area (Å²) >= 11 is 1.67. The summed E-state index contributed by atoms with van der Waals surface area (Å²) in [5.41, 5.74) is 0.830. The van der Waals surface area contributed by atoms with Crippen molar-refractivity contribution in [2.24, 2.45) is 0 Å². The van der Waals surface area contributed by atoms with Crippen LogP contribution >= 0.6 is 11.3 Å². The number of nitrogens with one attached hydrogen (secondary N) is 1. The van der Waals surface area contributed by atoms with Crippen LogP contribution in [0.25, 0.3) is 0 Å². The third-order valence-corrected chi connectivity index (χ3v) is 4.84. The number of amides is 2. The van der Waals surface area contributed by atoms with E-state index in [1.165, 1.54) is 4.88 Å². The van der Waals surface area contributed by atoms with Gasteiger partial charge in [0.2, 0.25) is 5.91 Å². The van der Waals surface area contributed by atoms with E-state index >= 15 is 0 Å². The van der Waals surface area contributed by atoms with E-state index in [1.807, 2.05) is 31.7 Å². The molecule has 0 aliphatic carbocycles. The molecule has 6 heteroatoms. The summed E-state index contributed by atoms with van der Waals surface area (Å²) in [5, 5.41) is 2.89. The summed E-state index contributed by atoms with van der Waals surface area (Å²) in [5.74, 6) is 0.197. The molecular weight excluding hydrogens is 298 g/mol. The zero-order valence-corrected chi connectivity index (χ0v) is 14.5. The monoisotopic (exact) mass is 323 g/mol. The van der Waals surface area contributed by atoms with Gasteiger partial charge in [-0.05, 0) is 26.3 Å². The largest absolute Gasteiger partial charge is 0.355 e. The molecule has 1 fully saturated rings. The van der Waals surface area contributed by atoms with Crippen LogP contribution in [0.4, 0.5) is 0 Å². The molecule has 0 bridgehead atoms. The molecule has 22 heavy (non-hydrogen) atoms. The van der Waals surface area contributed by atoms with Gasteiger partial charge in [-0.15, -0.1) is 11.3 Å². The quantitative estimate of drug-likeness (QED) is 0.896. The van der Waals surface area contributed by atoms with E-state index in [0.29, 0.717) is 19.6 Å². The van der Waals surface area contributed by atoms with Crippen LogP contribution in [-0.2, 0) is 4.79 Å². The first-order valence-electron chi connectivity index (χ1n) is 7.86. The van der Waals surface area contributed by atoms with Crippen molar-refractivity contribution in [1.82, 2.24) is 15.1 Å². The van der Waals surface area contributed by atoms with E-state index in [2.05, 4.69) is 10.2 Å². The van der Waals surface area contributed by atoms with Gasteiger partial charge in [0.25, 0.3) is 5.91 Å². The number of aryl methyl sites for hydroxylation is 2. The van der Waals surface area contributed by atoms with Crippen LogP contribution in [0.1, 0.15) is 33.5 Å². The summed E-state index contributed by atoms with van der Waals surface area (Å²) in [4.78, 5) is 30.5. The molecule has 1 aromatic rings. The first-order valence-corrected chi connectivity index (χ1v) is 8.68. The number of hydrogen-bond donors (Lipinski definition) is 1. The van der Waals surface area contributed by atoms with Crippen LogP contribution in [0.3, 0.4) is 0 Å². The first-order chi connectivity index (χ1) is 10.5. The molecular formula is C16H25N3O2S. The molecule has 0 spiro atoms. The predicted molar refractivity (Wildman–Crippen MR) is 89.4 cm³/mol. The highest BCUT2D eigenvalue weighted by Crippen LogP contribution is 2.22. The average Bonchev–Trinajstić information content (AvgIpc) is 2.84. The summed E-state index contributed by atoms with van der Waals surface area (Å²) in [6, 6.07) is 1.98. The van der Waals surface area contributed by atoms with Crippen molar-refractivity contribution in [3.8, 4) is 0 Å². The molecule has 1 saturated heterocycles. The highest BCUT2D eigenvalue weighted by Gasteiger charge is 2.24. The van der Waals surface area contributed by atoms with Crippen molar-refractivity contribution in [2.45, 2.75) is 27.2 Å². The maximum atomic E-state index is 12.5. The Morgan fingerprint density at radius 1 is 1.23 bits per heavy atom. The molecule has 0 radical (unpaired) electrons. The van der Waals surface area contributed by atoms with E-state index < -0.39 is 0 Å². The van der Waals surface area contributed by atoms with Crippen LogP contribution in [0.2, 0.25) is 0 Å². The lowest BCUT2D eigenvalue weighted by molar-refractivity contribution is -0.122. The Kier molecular flexibility index (Phi) is 5.97. The maximum absolute atomic E-state index is 12.5. The van der Waals surface area contributed by atoms with Gasteiger partial charge in [-0.25, -0.2) is 0 Å². The van der Waals surface area contributed by atoms with Gasteiger partial charge in [-0.1, -0.05) is 6.92 Å². The molecule has 1 N–H and O–H groups in total. The lowest BCUT2D eigenvalue weighted by atomic mass is 10.2. The lowest BCUT2D eigenvalue weighted by Gasteiger charge is -2.34. The molecule has 0 unspecified atom stereocenters. The molecule has 2 heterocycles. The van der Waals surface area contributed by atoms with E-state index in [-0.39, 0.29) is 11.8 Å². The zero-order chi connectivity index (χ0) is 16.1. The Labute approximate surface area is 136 Å². The topological polar surface area (TPSA) is 52.7 Å². The Hall–Kier alpha value is -1.40. The molecule has 1 aliphatic heterocycles. The second-order valence-electron chi connectivity index (χ2n) is 5.75. The van der Waals surface area contributed by atoms with Gasteiger partial charge in [0.1, 0.15) is 0 Å². The highest BCUT2D eigenvalue weighted by atomic mass is 32.1. The number of thiophene rings is 1. The fourth-order valence-corrected chi connectivity index (χ4v) is 3.56. The highest BCUT2D eigenvalue weighted by molar-refractivity contribution is 7.12. The average molecular weight is 323 g/mol. The van der Waals surface area contributed by atoms with Gasteiger partial charge in [0, 0.05) is 42.5 Å². The Balaban J connectivity index is 1.83. The van der Waals surface area contributed by atoms with E-state index in [0.717, 1.165) is 36.5 Å². The van der Waals surface area contributed by atoms with Gasteiger partial charge in [-0.2, -0.15) is 0 Å². The molecule has 2 amide bonds. The Bertz CT molecular complexity index is 533. The van der Waals surface area contributed by atoms with Crippen molar-refractivity contribution < 1.29 is 9.59 Å². The van der Waals surface area contributed by atoms with E-state index in [4.69, 9.17) is 0 Å². The fraction of sp³-hybridized carbons (Fsp3) is 0.625. The predicted octanol–water partition coefficient (Wildman–Crippen LogP) is 1.65. The van der Waals surface area contributed by atoms with E-state index in [1.54, 1.807) is 11.3 Å². The third-order valence-electron chi connectivity index (χ3n) is 3.87. The Morgan fingerprint density at radius 2 is 1.91 bits per heavy atom. The van der Waals surface area contributed by atoms with Crippen molar-refractivity contribution in [2.75, 3.05) is 39.3 Å². The molecule has 5 nitrogen and oxygen atoms in total. The molecule has 0 aromatic carbocycles. The van der Waals surface area contributed by atoms with Crippen LogP contribution in [-0.4, -0.2) is 60.9 Å².